The predicted octanol–water partition coefficient (Wildman–Crippen LogP) is 0.476. The number of hydrogen-bond donors (Lipinski definition) is 2. The van der Waals surface area contributed by atoms with Gasteiger partial charge in [-0.15, -0.1) is 0 Å². The molecule has 0 saturated heterocycles. The molecule has 1 amide bonds. The van der Waals surface area contributed by atoms with Gasteiger partial charge in [-0.25, -0.2) is 4.98 Å². The van der Waals surface area contributed by atoms with E-state index in [0.717, 1.165) is 5.69 Å². The summed E-state index contributed by atoms with van der Waals surface area (Å²) < 4.78 is 5.55. The molecule has 0 fully saturated rings. The van der Waals surface area contributed by atoms with Gasteiger partial charge < -0.3 is 15.8 Å². The molecule has 0 spiro atoms. The highest BCUT2D eigenvalue weighted by Crippen LogP contribution is 2.16. The summed E-state index contributed by atoms with van der Waals surface area (Å²) in [6, 6.07) is 3.36. The second-order valence-corrected chi connectivity index (χ2v) is 3.66. The second kappa shape index (κ2) is 5.46. The number of nitrogens with zero attached hydrogens (tertiary/aromatic N) is 1. The lowest BCUT2D eigenvalue weighted by molar-refractivity contribution is 0.0992. The first-order valence-electron chi connectivity index (χ1n) is 5.13. The highest BCUT2D eigenvalue weighted by atomic mass is 16.5. The van der Waals surface area contributed by atoms with E-state index in [1.807, 2.05) is 20.9 Å². The molecule has 5 nitrogen and oxygen atoms in total. The van der Waals surface area contributed by atoms with E-state index >= 15 is 0 Å². The summed E-state index contributed by atoms with van der Waals surface area (Å²) in [5, 5.41) is 2.98. The minimum absolute atomic E-state index is 0.0719. The van der Waals surface area contributed by atoms with Crippen LogP contribution in [0.15, 0.2) is 12.1 Å². The second-order valence-electron chi connectivity index (χ2n) is 3.66. The summed E-state index contributed by atoms with van der Waals surface area (Å²) in [6.45, 7) is 4.40. The minimum Gasteiger partial charge on any atom is -0.473 e. The number of amides is 1. The molecule has 0 aromatic carbocycles. The van der Waals surface area contributed by atoms with E-state index in [2.05, 4.69) is 10.3 Å². The topological polar surface area (TPSA) is 77.2 Å². The summed E-state index contributed by atoms with van der Waals surface area (Å²) >= 11 is 0. The Morgan fingerprint density at radius 1 is 1.62 bits per heavy atom. The van der Waals surface area contributed by atoms with Crippen LogP contribution < -0.4 is 15.8 Å². The molecule has 3 N–H and O–H groups in total. The van der Waals surface area contributed by atoms with Gasteiger partial charge in [0.05, 0.1) is 0 Å². The number of ether oxygens (including phenoxy) is 1. The molecule has 88 valence electrons. The average Bonchev–Trinajstić information content (AvgIpc) is 2.17. The normalized spacial score (nSPS) is 12.2. The monoisotopic (exact) mass is 223 g/mol. The lowest BCUT2D eigenvalue weighted by Crippen LogP contribution is -2.27. The molecule has 1 aromatic rings. The van der Waals surface area contributed by atoms with E-state index in [0.29, 0.717) is 18.0 Å². The predicted molar refractivity (Wildman–Crippen MR) is 61.5 cm³/mol. The van der Waals surface area contributed by atoms with E-state index in [1.165, 1.54) is 0 Å². The standard InChI is InChI=1S/C11H17N3O2/c1-7-4-5-9(10(12)15)11(14-7)16-8(2)6-13-3/h4-5,8,13H,6H2,1-3H3,(H2,12,15). The quantitative estimate of drug-likeness (QED) is 0.761. The number of carbonyl (C=O) groups excluding carboxylic acids is 1. The zero-order chi connectivity index (χ0) is 12.1. The minimum atomic E-state index is -0.529. The van der Waals surface area contributed by atoms with Gasteiger partial charge in [0.15, 0.2) is 0 Å². The Hall–Kier alpha value is -1.62. The molecule has 1 unspecified atom stereocenters. The van der Waals surface area contributed by atoms with Gasteiger partial charge in [0.2, 0.25) is 5.88 Å². The Morgan fingerprint density at radius 3 is 2.88 bits per heavy atom. The molecule has 0 saturated carbocycles. The van der Waals surface area contributed by atoms with Crippen LogP contribution in [0.2, 0.25) is 0 Å². The van der Waals surface area contributed by atoms with Crippen molar-refractivity contribution in [1.82, 2.24) is 10.3 Å². The maximum atomic E-state index is 11.2. The van der Waals surface area contributed by atoms with E-state index < -0.39 is 5.91 Å². The number of aromatic nitrogens is 1. The van der Waals surface area contributed by atoms with Crippen molar-refractivity contribution in [2.75, 3.05) is 13.6 Å². The van der Waals surface area contributed by atoms with Gasteiger partial charge in [-0.05, 0) is 33.0 Å². The highest BCUT2D eigenvalue weighted by molar-refractivity contribution is 5.95. The summed E-state index contributed by atoms with van der Waals surface area (Å²) in [4.78, 5) is 15.3. The number of primary amides is 1. The number of nitrogens with one attached hydrogen (secondary N) is 1. The Balaban J connectivity index is 2.92. The van der Waals surface area contributed by atoms with Crippen LogP contribution in [0.4, 0.5) is 0 Å². The maximum Gasteiger partial charge on any atom is 0.254 e. The molecule has 1 heterocycles. The molecular formula is C11H17N3O2. The van der Waals surface area contributed by atoms with Gasteiger partial charge in [0, 0.05) is 12.2 Å². The van der Waals surface area contributed by atoms with Crippen molar-refractivity contribution in [3.63, 3.8) is 0 Å². The third-order valence-corrected chi connectivity index (χ3v) is 2.07. The Kier molecular flexibility index (Phi) is 4.25. The smallest absolute Gasteiger partial charge is 0.254 e. The summed E-state index contributed by atoms with van der Waals surface area (Å²) in [7, 11) is 1.83. The van der Waals surface area contributed by atoms with Crippen LogP contribution in [0.5, 0.6) is 5.88 Å². The Morgan fingerprint density at radius 2 is 2.31 bits per heavy atom. The largest absolute Gasteiger partial charge is 0.473 e. The van der Waals surface area contributed by atoms with Crippen LogP contribution in [0.25, 0.3) is 0 Å². The molecule has 16 heavy (non-hydrogen) atoms. The van der Waals surface area contributed by atoms with Crippen LogP contribution in [-0.2, 0) is 0 Å². The fourth-order valence-electron chi connectivity index (χ4n) is 1.33. The molecule has 1 rings (SSSR count). The number of nitrogens with two attached hydrogens (primary N) is 1. The van der Waals surface area contributed by atoms with Gasteiger partial charge in [-0.2, -0.15) is 0 Å². The third-order valence-electron chi connectivity index (χ3n) is 2.07. The SMILES string of the molecule is CNCC(C)Oc1nc(C)ccc1C(N)=O. The van der Waals surface area contributed by atoms with Crippen LogP contribution >= 0.6 is 0 Å². The van der Waals surface area contributed by atoms with Crippen molar-refractivity contribution in [2.24, 2.45) is 5.73 Å². The fourth-order valence-corrected chi connectivity index (χ4v) is 1.33. The molecule has 0 aliphatic rings. The molecule has 0 aliphatic carbocycles. The van der Waals surface area contributed by atoms with Crippen molar-refractivity contribution < 1.29 is 9.53 Å². The lowest BCUT2D eigenvalue weighted by Gasteiger charge is -2.15. The van der Waals surface area contributed by atoms with Gasteiger partial charge in [0.25, 0.3) is 5.91 Å². The van der Waals surface area contributed by atoms with Gasteiger partial charge >= 0.3 is 0 Å². The van der Waals surface area contributed by atoms with Gasteiger partial charge in [-0.3, -0.25) is 4.79 Å². The molecule has 1 aromatic heterocycles. The van der Waals surface area contributed by atoms with Crippen LogP contribution in [0, 0.1) is 6.92 Å². The van der Waals surface area contributed by atoms with Crippen molar-refractivity contribution in [1.29, 1.82) is 0 Å². The Labute approximate surface area is 95.0 Å². The summed E-state index contributed by atoms with van der Waals surface area (Å²) in [5.74, 6) is -0.227. The summed E-state index contributed by atoms with van der Waals surface area (Å²) in [6.07, 6.45) is -0.0719. The number of carbonyl (C=O) groups is 1. The van der Waals surface area contributed by atoms with Crippen molar-refractivity contribution >= 4 is 5.91 Å². The average molecular weight is 223 g/mol. The van der Waals surface area contributed by atoms with Gasteiger partial charge in [0.1, 0.15) is 11.7 Å². The third kappa shape index (κ3) is 3.20. The molecule has 0 radical (unpaired) electrons. The van der Waals surface area contributed by atoms with Gasteiger partial charge in [-0.1, -0.05) is 0 Å². The van der Waals surface area contributed by atoms with E-state index in [1.54, 1.807) is 12.1 Å². The zero-order valence-corrected chi connectivity index (χ0v) is 9.78. The van der Waals surface area contributed by atoms with Crippen molar-refractivity contribution in [2.45, 2.75) is 20.0 Å². The number of pyridine rings is 1. The fraction of sp³-hybridized carbons (Fsp3) is 0.455. The molecular weight excluding hydrogens is 206 g/mol. The van der Waals surface area contributed by atoms with Crippen LogP contribution in [-0.4, -0.2) is 30.6 Å². The maximum absolute atomic E-state index is 11.2. The Bertz CT molecular complexity index is 379. The molecule has 0 bridgehead atoms. The first-order chi connectivity index (χ1) is 7.54. The number of hydrogen-bond acceptors (Lipinski definition) is 4. The first kappa shape index (κ1) is 12.4. The lowest BCUT2D eigenvalue weighted by atomic mass is 10.2. The first-order valence-corrected chi connectivity index (χ1v) is 5.13. The highest BCUT2D eigenvalue weighted by Gasteiger charge is 2.13. The molecule has 0 aliphatic heterocycles. The number of rotatable bonds is 5. The van der Waals surface area contributed by atoms with Crippen molar-refractivity contribution in [3.8, 4) is 5.88 Å². The van der Waals surface area contributed by atoms with E-state index in [4.69, 9.17) is 10.5 Å². The van der Waals surface area contributed by atoms with Crippen molar-refractivity contribution in [3.05, 3.63) is 23.4 Å². The molecule has 5 heteroatoms. The van der Waals surface area contributed by atoms with Crippen LogP contribution in [0.3, 0.4) is 0 Å². The number of aryl methyl sites for hydroxylation is 1. The van der Waals surface area contributed by atoms with Crippen LogP contribution in [0.1, 0.15) is 23.0 Å². The van der Waals surface area contributed by atoms with E-state index in [-0.39, 0.29) is 6.10 Å². The number of likely N-dealkylation sites (N-methyl/N-ethyl adjacent to an activating group) is 1. The summed E-state index contributed by atoms with van der Waals surface area (Å²) in [5.41, 5.74) is 6.34. The zero-order valence-electron chi connectivity index (χ0n) is 9.78. The van der Waals surface area contributed by atoms with E-state index in [9.17, 15) is 4.79 Å². The molecule has 1 atom stereocenters.